The van der Waals surface area contributed by atoms with Crippen LogP contribution in [0.3, 0.4) is 0 Å². The average molecular weight is 233 g/mol. The third-order valence-electron chi connectivity index (χ3n) is 3.68. The molecule has 0 amide bonds. The van der Waals surface area contributed by atoms with E-state index in [0.717, 1.165) is 19.6 Å². The van der Waals surface area contributed by atoms with Crippen LogP contribution in [0.2, 0.25) is 0 Å². The molecule has 0 saturated carbocycles. The zero-order valence-electron chi connectivity index (χ0n) is 10.9. The van der Waals surface area contributed by atoms with Crippen LogP contribution in [-0.4, -0.2) is 13.2 Å². The summed E-state index contributed by atoms with van der Waals surface area (Å²) in [5.41, 5.74) is 8.49. The molecule has 0 aromatic heterocycles. The second kappa shape index (κ2) is 5.65. The van der Waals surface area contributed by atoms with Crippen molar-refractivity contribution in [3.63, 3.8) is 0 Å². The van der Waals surface area contributed by atoms with Crippen LogP contribution in [0.4, 0.5) is 0 Å². The van der Waals surface area contributed by atoms with E-state index >= 15 is 0 Å². The number of nitrogens with two attached hydrogens (primary N) is 1. The Bertz CT molecular complexity index is 344. The van der Waals surface area contributed by atoms with Crippen LogP contribution < -0.4 is 5.73 Å². The van der Waals surface area contributed by atoms with Crippen molar-refractivity contribution >= 4 is 0 Å². The Labute approximate surface area is 104 Å². The highest BCUT2D eigenvalue weighted by Gasteiger charge is 2.26. The molecule has 1 heterocycles. The summed E-state index contributed by atoms with van der Waals surface area (Å²) in [5, 5.41) is 0. The van der Waals surface area contributed by atoms with Gasteiger partial charge in [-0.05, 0) is 36.4 Å². The van der Waals surface area contributed by atoms with Crippen molar-refractivity contribution in [3.8, 4) is 0 Å². The molecule has 17 heavy (non-hydrogen) atoms. The van der Waals surface area contributed by atoms with Crippen molar-refractivity contribution in [2.75, 3.05) is 13.2 Å². The maximum absolute atomic E-state index is 5.89. The minimum absolute atomic E-state index is 0.204. The van der Waals surface area contributed by atoms with Gasteiger partial charge in [-0.25, -0.2) is 0 Å². The van der Waals surface area contributed by atoms with E-state index in [2.05, 4.69) is 38.1 Å². The Morgan fingerprint density at radius 3 is 2.59 bits per heavy atom. The number of ether oxygens (including phenoxy) is 1. The van der Waals surface area contributed by atoms with Crippen molar-refractivity contribution in [2.45, 2.75) is 38.7 Å². The summed E-state index contributed by atoms with van der Waals surface area (Å²) in [6, 6.07) is 8.83. The van der Waals surface area contributed by atoms with E-state index in [1.165, 1.54) is 17.5 Å². The lowest BCUT2D eigenvalue weighted by Crippen LogP contribution is -2.28. The molecule has 2 atom stereocenters. The maximum Gasteiger partial charge on any atom is 0.0865 e. The van der Waals surface area contributed by atoms with E-state index in [1.807, 2.05) is 0 Å². The molecule has 2 rings (SSSR count). The third kappa shape index (κ3) is 2.88. The maximum atomic E-state index is 5.89. The van der Waals surface area contributed by atoms with Crippen molar-refractivity contribution in [2.24, 2.45) is 11.7 Å². The van der Waals surface area contributed by atoms with Gasteiger partial charge in [0.1, 0.15) is 0 Å². The molecule has 1 aromatic rings. The summed E-state index contributed by atoms with van der Waals surface area (Å²) in [5.74, 6) is 1.07. The fourth-order valence-corrected chi connectivity index (χ4v) is 2.52. The van der Waals surface area contributed by atoms with Crippen molar-refractivity contribution in [3.05, 3.63) is 35.4 Å². The number of hydrogen-bond donors (Lipinski definition) is 1. The zero-order chi connectivity index (χ0) is 12.3. The molecule has 0 radical (unpaired) electrons. The van der Waals surface area contributed by atoms with Gasteiger partial charge in [-0.3, -0.25) is 0 Å². The molecule has 0 bridgehead atoms. The van der Waals surface area contributed by atoms with Gasteiger partial charge in [0.05, 0.1) is 6.10 Å². The van der Waals surface area contributed by atoms with Crippen LogP contribution in [0.1, 0.15) is 49.8 Å². The lowest BCUT2D eigenvalue weighted by molar-refractivity contribution is -0.0251. The first-order chi connectivity index (χ1) is 8.22. The summed E-state index contributed by atoms with van der Waals surface area (Å²) in [6.07, 6.45) is 2.53. The van der Waals surface area contributed by atoms with E-state index in [9.17, 15) is 0 Å². The minimum Gasteiger partial charge on any atom is -0.373 e. The molecule has 1 aromatic carbocycles. The fourth-order valence-electron chi connectivity index (χ4n) is 2.52. The monoisotopic (exact) mass is 233 g/mol. The second-order valence-corrected chi connectivity index (χ2v) is 5.25. The highest BCUT2D eigenvalue weighted by molar-refractivity contribution is 5.26. The van der Waals surface area contributed by atoms with Crippen LogP contribution >= 0.6 is 0 Å². The molecular formula is C15H23NO. The van der Waals surface area contributed by atoms with Crippen molar-refractivity contribution in [1.82, 2.24) is 0 Å². The minimum atomic E-state index is 0.204. The number of benzene rings is 1. The lowest BCUT2D eigenvalue weighted by Gasteiger charge is -2.31. The van der Waals surface area contributed by atoms with E-state index in [4.69, 9.17) is 10.5 Å². The summed E-state index contributed by atoms with van der Waals surface area (Å²) >= 11 is 0. The molecule has 1 aliphatic heterocycles. The van der Waals surface area contributed by atoms with Crippen molar-refractivity contribution in [1.29, 1.82) is 0 Å². The highest BCUT2D eigenvalue weighted by Crippen LogP contribution is 2.33. The second-order valence-electron chi connectivity index (χ2n) is 5.25. The van der Waals surface area contributed by atoms with Gasteiger partial charge in [0.2, 0.25) is 0 Å². The number of hydrogen-bond acceptors (Lipinski definition) is 2. The molecule has 2 N–H and O–H groups in total. The Morgan fingerprint density at radius 2 is 2.00 bits per heavy atom. The van der Waals surface area contributed by atoms with Gasteiger partial charge in [-0.1, -0.05) is 38.1 Å². The molecule has 94 valence electrons. The zero-order valence-corrected chi connectivity index (χ0v) is 10.9. The van der Waals surface area contributed by atoms with E-state index in [1.54, 1.807) is 0 Å². The predicted octanol–water partition coefficient (Wildman–Crippen LogP) is 3.24. The molecule has 2 nitrogen and oxygen atoms in total. The van der Waals surface area contributed by atoms with Crippen LogP contribution in [0.15, 0.2) is 24.3 Å². The Kier molecular flexibility index (Phi) is 4.19. The molecule has 2 unspecified atom stereocenters. The SMILES string of the molecule is CC(C)c1ccc(C2OCCCC2CN)cc1. The molecular weight excluding hydrogens is 210 g/mol. The van der Waals surface area contributed by atoms with E-state index in [-0.39, 0.29) is 6.10 Å². The molecule has 1 aliphatic rings. The van der Waals surface area contributed by atoms with Gasteiger partial charge in [0.25, 0.3) is 0 Å². The van der Waals surface area contributed by atoms with Gasteiger partial charge in [0.15, 0.2) is 0 Å². The summed E-state index contributed by atoms with van der Waals surface area (Å²) < 4.78 is 5.89. The summed E-state index contributed by atoms with van der Waals surface area (Å²) in [7, 11) is 0. The van der Waals surface area contributed by atoms with E-state index in [0.29, 0.717) is 11.8 Å². The van der Waals surface area contributed by atoms with Gasteiger partial charge >= 0.3 is 0 Å². The van der Waals surface area contributed by atoms with E-state index < -0.39 is 0 Å². The van der Waals surface area contributed by atoms with Crippen LogP contribution in [0, 0.1) is 5.92 Å². The van der Waals surface area contributed by atoms with Crippen LogP contribution in [0.5, 0.6) is 0 Å². The van der Waals surface area contributed by atoms with Gasteiger partial charge in [-0.15, -0.1) is 0 Å². The topological polar surface area (TPSA) is 35.2 Å². The Hall–Kier alpha value is -0.860. The van der Waals surface area contributed by atoms with Crippen LogP contribution in [-0.2, 0) is 4.74 Å². The van der Waals surface area contributed by atoms with Gasteiger partial charge < -0.3 is 10.5 Å². The third-order valence-corrected chi connectivity index (χ3v) is 3.68. The summed E-state index contributed by atoms with van der Waals surface area (Å²) in [6.45, 7) is 6.02. The normalized spacial score (nSPS) is 25.2. The average Bonchev–Trinajstić information content (AvgIpc) is 2.39. The molecule has 1 saturated heterocycles. The lowest BCUT2D eigenvalue weighted by atomic mass is 9.88. The smallest absolute Gasteiger partial charge is 0.0865 e. The first kappa shape index (κ1) is 12.6. The first-order valence-electron chi connectivity index (χ1n) is 6.64. The van der Waals surface area contributed by atoms with Crippen molar-refractivity contribution < 1.29 is 4.74 Å². The Balaban J connectivity index is 2.15. The summed E-state index contributed by atoms with van der Waals surface area (Å²) in [4.78, 5) is 0. The first-order valence-corrected chi connectivity index (χ1v) is 6.64. The number of rotatable bonds is 3. The molecule has 2 heteroatoms. The molecule has 0 spiro atoms. The largest absolute Gasteiger partial charge is 0.373 e. The fraction of sp³-hybridized carbons (Fsp3) is 0.600. The van der Waals surface area contributed by atoms with Crippen LogP contribution in [0.25, 0.3) is 0 Å². The van der Waals surface area contributed by atoms with Gasteiger partial charge in [0, 0.05) is 12.5 Å². The predicted molar refractivity (Wildman–Crippen MR) is 71.0 cm³/mol. The standard InChI is InChI=1S/C15H23NO/c1-11(2)12-5-7-13(8-6-12)15-14(10-16)4-3-9-17-15/h5-8,11,14-15H,3-4,9-10,16H2,1-2H3. The quantitative estimate of drug-likeness (QED) is 0.870. The molecule has 0 aliphatic carbocycles. The molecule has 1 fully saturated rings. The van der Waals surface area contributed by atoms with Gasteiger partial charge in [-0.2, -0.15) is 0 Å². The highest BCUT2D eigenvalue weighted by atomic mass is 16.5. The Morgan fingerprint density at radius 1 is 1.29 bits per heavy atom.